The van der Waals surface area contributed by atoms with Crippen LogP contribution in [0, 0.1) is 5.92 Å². The Balaban J connectivity index is 1.22. The smallest absolute Gasteiger partial charge is 0.304 e. The van der Waals surface area contributed by atoms with Gasteiger partial charge in [0, 0.05) is 31.2 Å². The van der Waals surface area contributed by atoms with E-state index < -0.39 is 10.2 Å². The number of likely N-dealkylation sites (tertiary alicyclic amines) is 1. The fraction of sp³-hybridized carbons (Fsp3) is 0.455. The van der Waals surface area contributed by atoms with Crippen LogP contribution in [0.4, 0.5) is 5.69 Å². The first kappa shape index (κ1) is 21.4. The summed E-state index contributed by atoms with van der Waals surface area (Å²) >= 11 is 5.92. The van der Waals surface area contributed by atoms with Gasteiger partial charge in [0.1, 0.15) is 5.75 Å². The predicted molar refractivity (Wildman–Crippen MR) is 120 cm³/mol. The third-order valence-electron chi connectivity index (χ3n) is 5.87. The van der Waals surface area contributed by atoms with Gasteiger partial charge in [0.25, 0.3) is 0 Å². The number of para-hydroxylation sites is 1. The normalized spacial score (nSPS) is 20.5. The second-order valence-electron chi connectivity index (χ2n) is 7.86. The molecule has 2 aliphatic heterocycles. The minimum Gasteiger partial charge on any atom is -0.493 e. The molecule has 0 N–H and O–H groups in total. The van der Waals surface area contributed by atoms with Crippen LogP contribution < -0.4 is 9.04 Å². The van der Waals surface area contributed by atoms with Gasteiger partial charge in [-0.3, -0.25) is 4.31 Å². The number of anilines is 1. The second-order valence-corrected chi connectivity index (χ2v) is 10.2. The molecule has 0 aromatic heterocycles. The second kappa shape index (κ2) is 9.56. The SMILES string of the molecule is O=S1(=O)N(CCN2CCC(COc3ccccc3)CC2)CCN1c1ccc(Cl)cc1. The minimum atomic E-state index is -3.47. The van der Waals surface area contributed by atoms with Crippen LogP contribution in [0.2, 0.25) is 5.02 Å². The van der Waals surface area contributed by atoms with E-state index in [0.29, 0.717) is 36.3 Å². The lowest BCUT2D eigenvalue weighted by atomic mass is 9.98. The molecule has 4 rings (SSSR count). The van der Waals surface area contributed by atoms with Gasteiger partial charge in [0.15, 0.2) is 0 Å². The molecule has 2 saturated heterocycles. The van der Waals surface area contributed by atoms with Crippen LogP contribution in [-0.4, -0.2) is 63.5 Å². The average Bonchev–Trinajstić information content (AvgIpc) is 3.06. The lowest BCUT2D eigenvalue weighted by molar-refractivity contribution is 0.137. The zero-order valence-corrected chi connectivity index (χ0v) is 18.6. The third-order valence-corrected chi connectivity index (χ3v) is 8.09. The molecule has 8 heteroatoms. The number of piperidine rings is 1. The number of benzene rings is 2. The van der Waals surface area contributed by atoms with Gasteiger partial charge >= 0.3 is 10.2 Å². The Morgan fingerprint density at radius 3 is 2.30 bits per heavy atom. The van der Waals surface area contributed by atoms with E-state index >= 15 is 0 Å². The largest absolute Gasteiger partial charge is 0.493 e. The van der Waals surface area contributed by atoms with Gasteiger partial charge in [-0.1, -0.05) is 29.8 Å². The van der Waals surface area contributed by atoms with Crippen LogP contribution in [0.5, 0.6) is 5.75 Å². The van der Waals surface area contributed by atoms with E-state index in [0.717, 1.165) is 44.8 Å². The number of rotatable bonds is 7. The van der Waals surface area contributed by atoms with Crippen molar-refractivity contribution in [2.75, 3.05) is 50.2 Å². The van der Waals surface area contributed by atoms with Gasteiger partial charge in [0.05, 0.1) is 12.3 Å². The van der Waals surface area contributed by atoms with Crippen molar-refractivity contribution in [1.29, 1.82) is 0 Å². The summed E-state index contributed by atoms with van der Waals surface area (Å²) in [6, 6.07) is 16.9. The Kier molecular flexibility index (Phi) is 6.83. The summed E-state index contributed by atoms with van der Waals surface area (Å²) in [5.74, 6) is 1.47. The molecule has 2 aliphatic rings. The van der Waals surface area contributed by atoms with E-state index in [2.05, 4.69) is 4.90 Å². The quantitative estimate of drug-likeness (QED) is 0.649. The number of hydrogen-bond donors (Lipinski definition) is 0. The van der Waals surface area contributed by atoms with Crippen molar-refractivity contribution in [2.45, 2.75) is 12.8 Å². The molecular weight excluding hydrogens is 422 g/mol. The molecule has 2 fully saturated rings. The summed E-state index contributed by atoms with van der Waals surface area (Å²) in [6.45, 7) is 5.00. The van der Waals surface area contributed by atoms with Gasteiger partial charge in [-0.15, -0.1) is 0 Å². The standard InChI is InChI=1S/C22H28ClN3O3S/c23-20-6-8-21(9-7-20)26-17-16-25(30(26,27)28)15-14-24-12-10-19(11-13-24)18-29-22-4-2-1-3-5-22/h1-9,19H,10-18H2. The molecule has 6 nitrogen and oxygen atoms in total. The Bertz CT molecular complexity index is 916. The highest BCUT2D eigenvalue weighted by Gasteiger charge is 2.36. The van der Waals surface area contributed by atoms with Gasteiger partial charge in [-0.25, -0.2) is 0 Å². The van der Waals surface area contributed by atoms with Crippen LogP contribution in [0.25, 0.3) is 0 Å². The maximum Gasteiger partial charge on any atom is 0.304 e. The molecule has 0 unspecified atom stereocenters. The van der Waals surface area contributed by atoms with E-state index in [9.17, 15) is 8.42 Å². The number of nitrogens with zero attached hydrogens (tertiary/aromatic N) is 3. The number of ether oxygens (including phenoxy) is 1. The van der Waals surface area contributed by atoms with Gasteiger partial charge < -0.3 is 9.64 Å². The fourth-order valence-electron chi connectivity index (χ4n) is 4.03. The van der Waals surface area contributed by atoms with Crippen LogP contribution in [0.15, 0.2) is 54.6 Å². The molecule has 0 amide bonds. The molecule has 0 aliphatic carbocycles. The first-order valence-corrected chi connectivity index (χ1v) is 12.2. The maximum absolute atomic E-state index is 12.9. The third kappa shape index (κ3) is 5.09. The molecule has 2 aromatic carbocycles. The predicted octanol–water partition coefficient (Wildman–Crippen LogP) is 3.50. The van der Waals surface area contributed by atoms with Crippen molar-refractivity contribution in [3.8, 4) is 5.75 Å². The molecule has 0 atom stereocenters. The van der Waals surface area contributed by atoms with E-state index in [1.807, 2.05) is 30.3 Å². The monoisotopic (exact) mass is 449 g/mol. The van der Waals surface area contributed by atoms with Crippen LogP contribution in [0.3, 0.4) is 0 Å². The Morgan fingerprint density at radius 1 is 0.900 bits per heavy atom. The Labute approximate surface area is 184 Å². The summed E-state index contributed by atoms with van der Waals surface area (Å²) in [6.07, 6.45) is 2.16. The maximum atomic E-state index is 12.9. The highest BCUT2D eigenvalue weighted by molar-refractivity contribution is 7.90. The molecule has 0 bridgehead atoms. The first-order valence-electron chi connectivity index (χ1n) is 10.5. The van der Waals surface area contributed by atoms with E-state index in [4.69, 9.17) is 16.3 Å². The summed E-state index contributed by atoms with van der Waals surface area (Å²) in [7, 11) is -3.47. The van der Waals surface area contributed by atoms with Crippen molar-refractivity contribution >= 4 is 27.5 Å². The van der Waals surface area contributed by atoms with E-state index in [-0.39, 0.29) is 0 Å². The summed E-state index contributed by atoms with van der Waals surface area (Å²) in [5.41, 5.74) is 0.668. The van der Waals surface area contributed by atoms with Crippen LogP contribution in [-0.2, 0) is 10.2 Å². The Morgan fingerprint density at radius 2 is 1.60 bits per heavy atom. The molecule has 0 saturated carbocycles. The fourth-order valence-corrected chi connectivity index (χ4v) is 5.76. The van der Waals surface area contributed by atoms with Gasteiger partial charge in [0.2, 0.25) is 0 Å². The average molecular weight is 450 g/mol. The van der Waals surface area contributed by atoms with E-state index in [1.165, 1.54) is 4.31 Å². The summed E-state index contributed by atoms with van der Waals surface area (Å²) in [5, 5.41) is 0.602. The first-order chi connectivity index (χ1) is 14.5. The molecule has 0 spiro atoms. The molecular formula is C22H28ClN3O3S. The molecule has 30 heavy (non-hydrogen) atoms. The molecule has 2 heterocycles. The minimum absolute atomic E-state index is 0.475. The summed E-state index contributed by atoms with van der Waals surface area (Å²) in [4.78, 5) is 2.36. The molecule has 162 valence electrons. The lowest BCUT2D eigenvalue weighted by Gasteiger charge is -2.32. The Hall–Kier alpha value is -1.80. The van der Waals surface area contributed by atoms with Crippen molar-refractivity contribution in [1.82, 2.24) is 9.21 Å². The van der Waals surface area contributed by atoms with Crippen molar-refractivity contribution in [3.05, 3.63) is 59.6 Å². The van der Waals surface area contributed by atoms with Gasteiger partial charge in [-0.2, -0.15) is 12.7 Å². The zero-order valence-electron chi connectivity index (χ0n) is 17.0. The molecule has 0 radical (unpaired) electrons. The van der Waals surface area contributed by atoms with E-state index in [1.54, 1.807) is 28.6 Å². The summed E-state index contributed by atoms with van der Waals surface area (Å²) < 4.78 is 34.8. The zero-order chi connectivity index (χ0) is 21.0. The van der Waals surface area contributed by atoms with Crippen LogP contribution >= 0.6 is 11.6 Å². The van der Waals surface area contributed by atoms with Crippen LogP contribution in [0.1, 0.15) is 12.8 Å². The highest BCUT2D eigenvalue weighted by atomic mass is 35.5. The molecule has 2 aromatic rings. The van der Waals surface area contributed by atoms with Crippen molar-refractivity contribution in [3.63, 3.8) is 0 Å². The van der Waals surface area contributed by atoms with Crippen molar-refractivity contribution in [2.24, 2.45) is 5.92 Å². The highest BCUT2D eigenvalue weighted by Crippen LogP contribution is 2.26. The number of hydrogen-bond acceptors (Lipinski definition) is 4. The topological polar surface area (TPSA) is 53.1 Å². The van der Waals surface area contributed by atoms with Crippen molar-refractivity contribution < 1.29 is 13.2 Å². The lowest BCUT2D eigenvalue weighted by Crippen LogP contribution is -2.42. The number of halogens is 1. The van der Waals surface area contributed by atoms with Gasteiger partial charge in [-0.05, 0) is 68.2 Å².